The maximum absolute atomic E-state index is 12.8. The quantitative estimate of drug-likeness (QED) is 0.0344. The van der Waals surface area contributed by atoms with E-state index in [0.29, 0.717) is 19.3 Å². The molecule has 6 heteroatoms. The van der Waals surface area contributed by atoms with Gasteiger partial charge in [-0.2, -0.15) is 0 Å². The number of carbonyl (C=O) groups excluding carboxylic acids is 3. The highest BCUT2D eigenvalue weighted by Gasteiger charge is 2.19. The number of unbranched alkanes of at least 4 members (excludes halogenated alkanes) is 32. The van der Waals surface area contributed by atoms with E-state index in [1.807, 2.05) is 0 Å². The van der Waals surface area contributed by atoms with Crippen molar-refractivity contribution in [3.8, 4) is 0 Å². The molecule has 0 saturated heterocycles. The van der Waals surface area contributed by atoms with E-state index in [4.69, 9.17) is 14.2 Å². The zero-order valence-corrected chi connectivity index (χ0v) is 43.4. The first kappa shape index (κ1) is 61.4. The second kappa shape index (κ2) is 48.3. The number of esters is 3. The number of hydrogen-bond donors (Lipinski definition) is 0. The number of ether oxygens (including phenoxy) is 3. The summed E-state index contributed by atoms with van der Waals surface area (Å²) in [6.07, 6.45) is 49.4. The molecule has 0 amide bonds. The van der Waals surface area contributed by atoms with Crippen LogP contribution < -0.4 is 0 Å². The average molecular weight is 892 g/mol. The minimum Gasteiger partial charge on any atom is -0.462 e. The summed E-state index contributed by atoms with van der Waals surface area (Å²) >= 11 is 0. The van der Waals surface area contributed by atoms with Crippen molar-refractivity contribution in [2.75, 3.05) is 13.2 Å². The van der Waals surface area contributed by atoms with Crippen LogP contribution in [-0.2, 0) is 28.6 Å². The first-order chi connectivity index (χ1) is 30.6. The Morgan fingerprint density at radius 1 is 0.317 bits per heavy atom. The van der Waals surface area contributed by atoms with Crippen molar-refractivity contribution in [1.29, 1.82) is 0 Å². The van der Waals surface area contributed by atoms with Crippen LogP contribution in [0.1, 0.15) is 311 Å². The summed E-state index contributed by atoms with van der Waals surface area (Å²) in [5.41, 5.74) is 0. The highest BCUT2D eigenvalue weighted by Crippen LogP contribution is 2.18. The Labute approximate surface area is 393 Å². The molecule has 2 atom stereocenters. The maximum Gasteiger partial charge on any atom is 0.306 e. The molecule has 0 saturated carbocycles. The van der Waals surface area contributed by atoms with E-state index in [-0.39, 0.29) is 31.1 Å². The van der Waals surface area contributed by atoms with Gasteiger partial charge in [-0.15, -0.1) is 0 Å². The number of hydrogen-bond acceptors (Lipinski definition) is 6. The summed E-state index contributed by atoms with van der Waals surface area (Å²) < 4.78 is 16.9. The van der Waals surface area contributed by atoms with Gasteiger partial charge in [-0.1, -0.05) is 273 Å². The van der Waals surface area contributed by atoms with Crippen molar-refractivity contribution in [2.45, 2.75) is 317 Å². The zero-order valence-electron chi connectivity index (χ0n) is 43.4. The van der Waals surface area contributed by atoms with E-state index in [9.17, 15) is 14.4 Å². The molecule has 374 valence electrons. The lowest BCUT2D eigenvalue weighted by atomic mass is 9.99. The summed E-state index contributed by atoms with van der Waals surface area (Å²) in [4.78, 5) is 38.1. The molecule has 0 bridgehead atoms. The summed E-state index contributed by atoms with van der Waals surface area (Å²) in [7, 11) is 0. The SMILES string of the molecule is CCC(C)CCCCCCCCCCCCC(=O)O[C@@H](COC(=O)CCCCCCCCCCCCCCCCC(C)C)COC(=O)CCCCCCCCCCCCCC(C)C. The van der Waals surface area contributed by atoms with Gasteiger partial charge < -0.3 is 14.2 Å². The molecule has 0 aliphatic rings. The third kappa shape index (κ3) is 49.7. The van der Waals surface area contributed by atoms with Gasteiger partial charge in [-0.25, -0.2) is 0 Å². The van der Waals surface area contributed by atoms with Crippen LogP contribution in [0, 0.1) is 17.8 Å². The predicted molar refractivity (Wildman–Crippen MR) is 270 cm³/mol. The zero-order chi connectivity index (χ0) is 46.3. The molecular weight excluding hydrogens is 781 g/mol. The lowest BCUT2D eigenvalue weighted by molar-refractivity contribution is -0.167. The third-order valence-corrected chi connectivity index (χ3v) is 13.3. The normalized spacial score (nSPS) is 12.6. The van der Waals surface area contributed by atoms with Crippen LogP contribution in [0.15, 0.2) is 0 Å². The van der Waals surface area contributed by atoms with Crippen LogP contribution in [-0.4, -0.2) is 37.2 Å². The van der Waals surface area contributed by atoms with Gasteiger partial charge >= 0.3 is 17.9 Å². The largest absolute Gasteiger partial charge is 0.462 e. The Bertz CT molecular complexity index is 978. The molecule has 0 aromatic carbocycles. The third-order valence-electron chi connectivity index (χ3n) is 13.3. The lowest BCUT2D eigenvalue weighted by Crippen LogP contribution is -2.30. The van der Waals surface area contributed by atoms with Crippen molar-refractivity contribution >= 4 is 17.9 Å². The summed E-state index contributed by atoms with van der Waals surface area (Å²) in [6, 6.07) is 0. The molecule has 0 aromatic heterocycles. The molecule has 63 heavy (non-hydrogen) atoms. The average Bonchev–Trinajstić information content (AvgIpc) is 3.25. The second-order valence-corrected chi connectivity index (χ2v) is 20.8. The predicted octanol–water partition coefficient (Wildman–Crippen LogP) is 18.3. The Kier molecular flexibility index (Phi) is 47.1. The van der Waals surface area contributed by atoms with Gasteiger partial charge in [-0.05, 0) is 37.0 Å². The monoisotopic (exact) mass is 891 g/mol. The molecular formula is C57H110O6. The van der Waals surface area contributed by atoms with E-state index in [0.717, 1.165) is 75.5 Å². The molecule has 0 spiro atoms. The molecule has 0 aromatic rings. The molecule has 0 heterocycles. The van der Waals surface area contributed by atoms with Gasteiger partial charge in [0.2, 0.25) is 0 Å². The van der Waals surface area contributed by atoms with Gasteiger partial charge in [0.05, 0.1) is 0 Å². The van der Waals surface area contributed by atoms with E-state index in [1.54, 1.807) is 0 Å². The minimum atomic E-state index is -0.763. The van der Waals surface area contributed by atoms with Gasteiger partial charge in [-0.3, -0.25) is 14.4 Å². The second-order valence-electron chi connectivity index (χ2n) is 20.8. The van der Waals surface area contributed by atoms with Crippen molar-refractivity contribution < 1.29 is 28.6 Å². The molecule has 0 radical (unpaired) electrons. The van der Waals surface area contributed by atoms with E-state index >= 15 is 0 Å². The van der Waals surface area contributed by atoms with Crippen LogP contribution in [0.3, 0.4) is 0 Å². The Morgan fingerprint density at radius 3 is 0.825 bits per heavy atom. The Hall–Kier alpha value is -1.59. The number of carbonyl (C=O) groups is 3. The molecule has 0 rings (SSSR count). The van der Waals surface area contributed by atoms with E-state index < -0.39 is 6.10 Å². The van der Waals surface area contributed by atoms with Crippen LogP contribution >= 0.6 is 0 Å². The first-order valence-corrected chi connectivity index (χ1v) is 28.1. The topological polar surface area (TPSA) is 78.9 Å². The fourth-order valence-electron chi connectivity index (χ4n) is 8.61. The van der Waals surface area contributed by atoms with Crippen molar-refractivity contribution in [3.63, 3.8) is 0 Å². The van der Waals surface area contributed by atoms with Gasteiger partial charge in [0.25, 0.3) is 0 Å². The highest BCUT2D eigenvalue weighted by molar-refractivity contribution is 5.71. The smallest absolute Gasteiger partial charge is 0.306 e. The fourth-order valence-corrected chi connectivity index (χ4v) is 8.61. The summed E-state index contributed by atoms with van der Waals surface area (Å²) in [5, 5.41) is 0. The van der Waals surface area contributed by atoms with Crippen LogP contribution in [0.25, 0.3) is 0 Å². The van der Waals surface area contributed by atoms with Crippen LogP contribution in [0.4, 0.5) is 0 Å². The standard InChI is InChI=1S/C57H110O6/c1-7-53(6)45-39-33-27-21-17-18-24-30-36-42-48-57(60)63-54(50-62-56(59)47-41-35-29-23-16-12-14-20-26-32-38-44-52(4)5)49-61-55(58)46-40-34-28-22-15-11-9-8-10-13-19-25-31-37-43-51(2)3/h51-54H,7-50H2,1-6H3/t53?,54-/m0/s1. The fraction of sp³-hybridized carbons (Fsp3) is 0.947. The Morgan fingerprint density at radius 2 is 0.556 bits per heavy atom. The van der Waals surface area contributed by atoms with Crippen LogP contribution in [0.5, 0.6) is 0 Å². The van der Waals surface area contributed by atoms with Gasteiger partial charge in [0, 0.05) is 19.3 Å². The van der Waals surface area contributed by atoms with Crippen molar-refractivity contribution in [1.82, 2.24) is 0 Å². The van der Waals surface area contributed by atoms with Crippen LogP contribution in [0.2, 0.25) is 0 Å². The lowest BCUT2D eigenvalue weighted by Gasteiger charge is -2.18. The number of rotatable bonds is 50. The highest BCUT2D eigenvalue weighted by atomic mass is 16.6. The van der Waals surface area contributed by atoms with Crippen molar-refractivity contribution in [2.24, 2.45) is 17.8 Å². The molecule has 0 N–H and O–H groups in total. The summed E-state index contributed by atoms with van der Waals surface area (Å²) in [5.74, 6) is 1.69. The molecule has 1 unspecified atom stereocenters. The first-order valence-electron chi connectivity index (χ1n) is 28.1. The van der Waals surface area contributed by atoms with E-state index in [1.165, 1.54) is 193 Å². The van der Waals surface area contributed by atoms with Crippen molar-refractivity contribution in [3.05, 3.63) is 0 Å². The molecule has 0 fully saturated rings. The van der Waals surface area contributed by atoms with Gasteiger partial charge in [0.1, 0.15) is 13.2 Å². The maximum atomic E-state index is 12.8. The minimum absolute atomic E-state index is 0.0639. The molecule has 0 aliphatic heterocycles. The molecule has 6 nitrogen and oxygen atoms in total. The van der Waals surface area contributed by atoms with E-state index in [2.05, 4.69) is 41.5 Å². The Balaban J connectivity index is 4.31. The molecule has 0 aliphatic carbocycles. The van der Waals surface area contributed by atoms with Gasteiger partial charge in [0.15, 0.2) is 6.10 Å². The summed E-state index contributed by atoms with van der Waals surface area (Å²) in [6.45, 7) is 13.8.